The maximum Gasteiger partial charge on any atom is 0.407 e. The molecule has 0 radical (unpaired) electrons. The van der Waals surface area contributed by atoms with E-state index in [2.05, 4.69) is 85.0 Å². The number of benzene rings is 3. The number of carbonyl (C=O) groups excluding carboxylic acids is 1. The zero-order valence-electron chi connectivity index (χ0n) is 25.1. The highest BCUT2D eigenvalue weighted by Crippen LogP contribution is 2.37. The van der Waals surface area contributed by atoms with Gasteiger partial charge < -0.3 is 14.8 Å². The maximum atomic E-state index is 11.9. The van der Waals surface area contributed by atoms with E-state index in [1.54, 1.807) is 11.8 Å². The van der Waals surface area contributed by atoms with Crippen molar-refractivity contribution in [3.8, 4) is 0 Å². The fraction of sp³-hybridized carbons (Fsp3) is 0.371. The van der Waals surface area contributed by atoms with Crippen LogP contribution in [0.4, 0.5) is 4.79 Å². The number of aromatic nitrogens is 2. The van der Waals surface area contributed by atoms with E-state index >= 15 is 0 Å². The van der Waals surface area contributed by atoms with E-state index in [1.807, 2.05) is 31.6 Å². The molecule has 1 fully saturated rings. The summed E-state index contributed by atoms with van der Waals surface area (Å²) in [6.45, 7) is 9.16. The summed E-state index contributed by atoms with van der Waals surface area (Å²) in [5.74, 6) is 0.761. The molecule has 5 rings (SSSR count). The topological polar surface area (TPSA) is 65.4 Å². The Bertz CT molecular complexity index is 1510. The molecule has 1 aliphatic rings. The Morgan fingerprint density at radius 2 is 1.79 bits per heavy atom. The van der Waals surface area contributed by atoms with E-state index < -0.39 is 5.60 Å². The zero-order valence-corrected chi connectivity index (χ0v) is 25.9. The summed E-state index contributed by atoms with van der Waals surface area (Å²) in [4.78, 5) is 13.1. The second-order valence-electron chi connectivity index (χ2n) is 11.6. The molecule has 0 aliphatic carbocycles. The van der Waals surface area contributed by atoms with Crippen LogP contribution in [0.15, 0.2) is 83.9 Å². The molecular formula is C35H41N3O3S. The van der Waals surface area contributed by atoms with Crippen molar-refractivity contribution in [2.75, 3.05) is 18.9 Å². The Labute approximate surface area is 253 Å². The van der Waals surface area contributed by atoms with Crippen molar-refractivity contribution in [3.05, 3.63) is 95.7 Å². The highest BCUT2D eigenvalue weighted by molar-refractivity contribution is 7.99. The Balaban J connectivity index is 1.41. The third-order valence-electron chi connectivity index (χ3n) is 7.27. The molecule has 0 saturated carbocycles. The monoisotopic (exact) mass is 583 g/mol. The normalized spacial score (nSPS) is 16.2. The molecule has 3 aromatic carbocycles. The van der Waals surface area contributed by atoms with Crippen molar-refractivity contribution in [2.45, 2.75) is 70.1 Å². The van der Waals surface area contributed by atoms with E-state index in [0.717, 1.165) is 47.4 Å². The minimum atomic E-state index is -0.496. The average Bonchev–Trinajstić information content (AvgIpc) is 3.42. The summed E-state index contributed by atoms with van der Waals surface area (Å²) in [6, 6.07) is 26.1. The van der Waals surface area contributed by atoms with E-state index in [-0.39, 0.29) is 12.3 Å². The van der Waals surface area contributed by atoms with Crippen LogP contribution >= 0.6 is 11.8 Å². The number of allylic oxidation sites excluding steroid dienone is 1. The fourth-order valence-corrected chi connectivity index (χ4v) is 6.16. The van der Waals surface area contributed by atoms with Gasteiger partial charge in [-0.3, -0.25) is 0 Å². The molecule has 1 atom stereocenters. The number of rotatable bonds is 9. The highest BCUT2D eigenvalue weighted by atomic mass is 32.2. The number of amides is 1. The standard InChI is InChI=1S/C35H41N3O3S/c1-5-30(25-11-7-6-8-12-25)33(26-14-17-29(18-15-26)42-22-20-36-34(39)41-35(2,3)4)27-16-19-31-28(23-27)24-37-38(31)32-13-9-10-21-40-32/h6-8,11-12,14-19,23-24,32H,5,9-10,13,20-22H2,1-4H3,(H,36,39)/b33-30+. The number of fused-ring (bicyclic) bond motifs is 1. The third kappa shape index (κ3) is 7.44. The quantitative estimate of drug-likeness (QED) is 0.121. The Morgan fingerprint density at radius 3 is 2.48 bits per heavy atom. The van der Waals surface area contributed by atoms with Crippen molar-refractivity contribution in [1.29, 1.82) is 0 Å². The lowest BCUT2D eigenvalue weighted by Crippen LogP contribution is -2.33. The lowest BCUT2D eigenvalue weighted by molar-refractivity contribution is -0.0366. The van der Waals surface area contributed by atoms with Gasteiger partial charge in [0.05, 0.1) is 11.7 Å². The maximum absolute atomic E-state index is 11.9. The number of hydrogen-bond acceptors (Lipinski definition) is 5. The number of alkyl carbamates (subject to hydrolysis) is 1. The molecule has 1 unspecified atom stereocenters. The number of thioether (sulfide) groups is 1. The molecule has 0 spiro atoms. The van der Waals surface area contributed by atoms with Crippen molar-refractivity contribution < 1.29 is 14.3 Å². The Morgan fingerprint density at radius 1 is 1.02 bits per heavy atom. The van der Waals surface area contributed by atoms with E-state index in [1.165, 1.54) is 34.3 Å². The zero-order chi connectivity index (χ0) is 29.5. The molecule has 1 amide bonds. The highest BCUT2D eigenvalue weighted by Gasteiger charge is 2.20. The van der Waals surface area contributed by atoms with Crippen molar-refractivity contribution in [2.24, 2.45) is 0 Å². The lowest BCUT2D eigenvalue weighted by atomic mass is 9.88. The van der Waals surface area contributed by atoms with Crippen molar-refractivity contribution in [3.63, 3.8) is 0 Å². The van der Waals surface area contributed by atoms with Crippen LogP contribution < -0.4 is 5.32 Å². The third-order valence-corrected chi connectivity index (χ3v) is 8.29. The minimum absolute atomic E-state index is 0.0111. The molecule has 6 nitrogen and oxygen atoms in total. The van der Waals surface area contributed by atoms with Gasteiger partial charge >= 0.3 is 6.09 Å². The second kappa shape index (κ2) is 13.6. The van der Waals surface area contributed by atoms with Crippen LogP contribution in [-0.4, -0.2) is 40.4 Å². The number of carbonyl (C=O) groups is 1. The summed E-state index contributed by atoms with van der Waals surface area (Å²) in [5.41, 5.74) is 6.73. The van der Waals surface area contributed by atoms with E-state index in [9.17, 15) is 4.79 Å². The van der Waals surface area contributed by atoms with Gasteiger partial charge in [0.25, 0.3) is 0 Å². The smallest absolute Gasteiger partial charge is 0.407 e. The van der Waals surface area contributed by atoms with E-state index in [4.69, 9.17) is 14.6 Å². The molecule has 2 heterocycles. The SMILES string of the molecule is CC/C(=C(/c1ccc(SCCNC(=O)OC(C)(C)C)cc1)c1ccc2c(cnn2C2CCCCO2)c1)c1ccccc1. The summed E-state index contributed by atoms with van der Waals surface area (Å²) >= 11 is 1.72. The molecule has 1 aromatic heterocycles. The first-order chi connectivity index (χ1) is 20.3. The molecule has 1 saturated heterocycles. The van der Waals surface area contributed by atoms with Gasteiger partial charge in [0.1, 0.15) is 5.60 Å². The van der Waals surface area contributed by atoms with Crippen LogP contribution in [0.25, 0.3) is 22.0 Å². The predicted molar refractivity (Wildman–Crippen MR) is 173 cm³/mol. The van der Waals surface area contributed by atoms with Gasteiger partial charge in [0, 0.05) is 29.2 Å². The second-order valence-corrected chi connectivity index (χ2v) is 12.7. The molecular weight excluding hydrogens is 542 g/mol. The lowest BCUT2D eigenvalue weighted by Gasteiger charge is -2.23. The summed E-state index contributed by atoms with van der Waals surface area (Å²) < 4.78 is 13.4. The molecule has 220 valence electrons. The number of hydrogen-bond donors (Lipinski definition) is 1. The summed E-state index contributed by atoms with van der Waals surface area (Å²) in [5, 5.41) is 8.68. The van der Waals surface area contributed by atoms with Crippen LogP contribution in [-0.2, 0) is 9.47 Å². The summed E-state index contributed by atoms with van der Waals surface area (Å²) in [7, 11) is 0. The van der Waals surface area contributed by atoms with Crippen LogP contribution in [0.2, 0.25) is 0 Å². The van der Waals surface area contributed by atoms with Gasteiger partial charge in [-0.1, -0.05) is 55.5 Å². The van der Waals surface area contributed by atoms with Crippen LogP contribution in [0, 0.1) is 0 Å². The molecule has 0 bridgehead atoms. The van der Waals surface area contributed by atoms with Gasteiger partial charge in [-0.05, 0) is 98.6 Å². The molecule has 4 aromatic rings. The van der Waals surface area contributed by atoms with Crippen molar-refractivity contribution in [1.82, 2.24) is 15.1 Å². The minimum Gasteiger partial charge on any atom is -0.444 e. The molecule has 7 heteroatoms. The first-order valence-corrected chi connectivity index (χ1v) is 15.9. The van der Waals surface area contributed by atoms with Gasteiger partial charge in [0.2, 0.25) is 0 Å². The number of nitrogens with zero attached hydrogens (tertiary/aromatic N) is 2. The number of ether oxygens (including phenoxy) is 2. The predicted octanol–water partition coefficient (Wildman–Crippen LogP) is 8.72. The summed E-state index contributed by atoms with van der Waals surface area (Å²) in [6.07, 6.45) is 5.79. The van der Waals surface area contributed by atoms with Crippen LogP contribution in [0.3, 0.4) is 0 Å². The van der Waals surface area contributed by atoms with Gasteiger partial charge in [-0.2, -0.15) is 5.10 Å². The first-order valence-electron chi connectivity index (χ1n) is 14.9. The fourth-order valence-electron chi connectivity index (χ4n) is 5.39. The number of nitrogens with one attached hydrogen (secondary N) is 1. The van der Waals surface area contributed by atoms with Gasteiger partial charge in [0.15, 0.2) is 6.23 Å². The molecule has 1 aliphatic heterocycles. The van der Waals surface area contributed by atoms with Crippen LogP contribution in [0.1, 0.15) is 76.3 Å². The Kier molecular flexibility index (Phi) is 9.70. The molecule has 42 heavy (non-hydrogen) atoms. The van der Waals surface area contributed by atoms with Gasteiger partial charge in [-0.15, -0.1) is 11.8 Å². The van der Waals surface area contributed by atoms with Crippen molar-refractivity contribution >= 4 is 39.9 Å². The first kappa shape index (κ1) is 29.9. The van der Waals surface area contributed by atoms with Crippen LogP contribution in [0.5, 0.6) is 0 Å². The van der Waals surface area contributed by atoms with Gasteiger partial charge in [-0.25, -0.2) is 9.48 Å². The van der Waals surface area contributed by atoms with E-state index in [0.29, 0.717) is 6.54 Å². The Hall–Kier alpha value is -3.55. The average molecular weight is 584 g/mol. The largest absolute Gasteiger partial charge is 0.444 e. The molecule has 1 N–H and O–H groups in total.